The summed E-state index contributed by atoms with van der Waals surface area (Å²) in [6, 6.07) is 14.8. The zero-order valence-corrected chi connectivity index (χ0v) is 16.5. The number of benzene rings is 2. The van der Waals surface area contributed by atoms with E-state index in [1.54, 1.807) is 12.1 Å². The van der Waals surface area contributed by atoms with E-state index in [1.807, 2.05) is 57.2 Å². The molecule has 0 saturated carbocycles. The van der Waals surface area contributed by atoms with Crippen LogP contribution in [0.25, 0.3) is 0 Å². The fraction of sp³-hybridized carbons (Fsp3) is 0.350. The summed E-state index contributed by atoms with van der Waals surface area (Å²) in [7, 11) is -3.59. The van der Waals surface area contributed by atoms with E-state index < -0.39 is 10.0 Å². The van der Waals surface area contributed by atoms with Gasteiger partial charge in [0.25, 0.3) is 0 Å². The number of hydrogen-bond donors (Lipinski definition) is 1. The standard InChI is InChI=1S/C20H26N2O3S/c1-5-16-10-6-9-13-19(16)22(26(4,24)25)14-20(23)21-18-12-8-7-11-17(18)15(2)3/h6-13,15H,5,14H2,1-4H3,(H,21,23). The molecule has 0 aliphatic rings. The Morgan fingerprint density at radius 2 is 1.69 bits per heavy atom. The van der Waals surface area contributed by atoms with E-state index in [2.05, 4.69) is 5.32 Å². The largest absolute Gasteiger partial charge is 0.324 e. The van der Waals surface area contributed by atoms with Crippen molar-refractivity contribution in [2.24, 2.45) is 0 Å². The van der Waals surface area contributed by atoms with Crippen molar-refractivity contribution in [2.45, 2.75) is 33.1 Å². The first-order chi connectivity index (χ1) is 12.2. The first-order valence-corrected chi connectivity index (χ1v) is 10.5. The van der Waals surface area contributed by atoms with Crippen LogP contribution in [-0.2, 0) is 21.2 Å². The monoisotopic (exact) mass is 374 g/mol. The summed E-state index contributed by atoms with van der Waals surface area (Å²) >= 11 is 0. The van der Waals surface area contributed by atoms with Crippen LogP contribution in [-0.4, -0.2) is 27.1 Å². The van der Waals surface area contributed by atoms with E-state index in [-0.39, 0.29) is 18.4 Å². The SMILES string of the molecule is CCc1ccccc1N(CC(=O)Nc1ccccc1C(C)C)S(C)(=O)=O. The first-order valence-electron chi connectivity index (χ1n) is 8.68. The molecule has 2 aromatic carbocycles. The molecule has 0 aromatic heterocycles. The Kier molecular flexibility index (Phi) is 6.42. The summed E-state index contributed by atoms with van der Waals surface area (Å²) in [5, 5.41) is 2.86. The second-order valence-electron chi connectivity index (χ2n) is 6.54. The molecule has 0 aliphatic carbocycles. The molecule has 1 amide bonds. The van der Waals surface area contributed by atoms with E-state index in [1.165, 1.54) is 4.31 Å². The molecular formula is C20H26N2O3S. The van der Waals surface area contributed by atoms with Crippen LogP contribution in [0.3, 0.4) is 0 Å². The molecule has 0 fully saturated rings. The third-order valence-electron chi connectivity index (χ3n) is 4.19. The van der Waals surface area contributed by atoms with Crippen LogP contribution in [0.5, 0.6) is 0 Å². The summed E-state index contributed by atoms with van der Waals surface area (Å²) in [5.41, 5.74) is 3.16. The Morgan fingerprint density at radius 1 is 1.08 bits per heavy atom. The number of amides is 1. The lowest BCUT2D eigenvalue weighted by Crippen LogP contribution is -2.38. The van der Waals surface area contributed by atoms with Gasteiger partial charge in [-0.3, -0.25) is 9.10 Å². The van der Waals surface area contributed by atoms with Gasteiger partial charge in [0, 0.05) is 5.69 Å². The number of sulfonamides is 1. The highest BCUT2D eigenvalue weighted by molar-refractivity contribution is 7.92. The van der Waals surface area contributed by atoms with Crippen LogP contribution >= 0.6 is 0 Å². The van der Waals surface area contributed by atoms with Crippen molar-refractivity contribution < 1.29 is 13.2 Å². The predicted octanol–water partition coefficient (Wildman–Crippen LogP) is 3.78. The Bertz CT molecular complexity index is 876. The molecule has 0 heterocycles. The van der Waals surface area contributed by atoms with Crippen molar-refractivity contribution in [1.82, 2.24) is 0 Å². The van der Waals surface area contributed by atoms with Gasteiger partial charge in [0.2, 0.25) is 15.9 Å². The molecule has 0 atom stereocenters. The molecule has 26 heavy (non-hydrogen) atoms. The van der Waals surface area contributed by atoms with Gasteiger partial charge in [0.1, 0.15) is 6.54 Å². The first kappa shape index (κ1) is 20.0. The summed E-state index contributed by atoms with van der Waals surface area (Å²) in [6.45, 7) is 5.79. The number of hydrogen-bond acceptors (Lipinski definition) is 3. The van der Waals surface area contributed by atoms with Crippen LogP contribution in [0.15, 0.2) is 48.5 Å². The number of anilines is 2. The van der Waals surface area contributed by atoms with Gasteiger partial charge in [-0.15, -0.1) is 0 Å². The van der Waals surface area contributed by atoms with Gasteiger partial charge in [-0.25, -0.2) is 8.42 Å². The third kappa shape index (κ3) is 4.85. The quantitative estimate of drug-likeness (QED) is 0.802. The Hall–Kier alpha value is -2.34. The molecule has 1 N–H and O–H groups in total. The Morgan fingerprint density at radius 3 is 2.31 bits per heavy atom. The molecule has 140 valence electrons. The van der Waals surface area contributed by atoms with Crippen molar-refractivity contribution in [3.05, 3.63) is 59.7 Å². The molecule has 2 rings (SSSR count). The summed E-state index contributed by atoms with van der Waals surface area (Å²) in [4.78, 5) is 12.6. The highest BCUT2D eigenvalue weighted by atomic mass is 32.2. The molecule has 2 aromatic rings. The third-order valence-corrected chi connectivity index (χ3v) is 5.31. The fourth-order valence-corrected chi connectivity index (χ4v) is 3.76. The number of para-hydroxylation sites is 2. The van der Waals surface area contributed by atoms with E-state index in [9.17, 15) is 13.2 Å². The maximum Gasteiger partial charge on any atom is 0.245 e. The summed E-state index contributed by atoms with van der Waals surface area (Å²) in [5.74, 6) is -0.118. The molecule has 5 nitrogen and oxygen atoms in total. The van der Waals surface area contributed by atoms with Gasteiger partial charge in [-0.2, -0.15) is 0 Å². The number of nitrogens with zero attached hydrogens (tertiary/aromatic N) is 1. The van der Waals surface area contributed by atoms with Crippen LogP contribution in [0.4, 0.5) is 11.4 Å². The number of aryl methyl sites for hydroxylation is 1. The zero-order chi connectivity index (χ0) is 19.3. The van der Waals surface area contributed by atoms with Gasteiger partial charge in [-0.1, -0.05) is 57.2 Å². The molecular weight excluding hydrogens is 348 g/mol. The van der Waals surface area contributed by atoms with Gasteiger partial charge in [0.15, 0.2) is 0 Å². The lowest BCUT2D eigenvalue weighted by Gasteiger charge is -2.24. The van der Waals surface area contributed by atoms with Crippen molar-refractivity contribution in [2.75, 3.05) is 22.4 Å². The minimum atomic E-state index is -3.59. The topological polar surface area (TPSA) is 66.5 Å². The van der Waals surface area contributed by atoms with E-state index in [0.29, 0.717) is 17.8 Å². The Labute approximate surface area is 156 Å². The molecule has 0 bridgehead atoms. The molecule has 0 spiro atoms. The fourth-order valence-electron chi connectivity index (χ4n) is 2.87. The summed E-state index contributed by atoms with van der Waals surface area (Å²) in [6.07, 6.45) is 1.80. The average molecular weight is 375 g/mol. The van der Waals surface area contributed by atoms with Gasteiger partial charge in [0.05, 0.1) is 11.9 Å². The lowest BCUT2D eigenvalue weighted by molar-refractivity contribution is -0.114. The number of carbonyl (C=O) groups is 1. The molecule has 0 radical (unpaired) electrons. The molecule has 6 heteroatoms. The van der Waals surface area contributed by atoms with Gasteiger partial charge < -0.3 is 5.32 Å². The smallest absolute Gasteiger partial charge is 0.245 e. The van der Waals surface area contributed by atoms with Crippen molar-refractivity contribution in [3.63, 3.8) is 0 Å². The van der Waals surface area contributed by atoms with Crippen molar-refractivity contribution in [1.29, 1.82) is 0 Å². The van der Waals surface area contributed by atoms with E-state index in [4.69, 9.17) is 0 Å². The number of carbonyl (C=O) groups excluding carboxylic acids is 1. The highest BCUT2D eigenvalue weighted by Gasteiger charge is 2.23. The van der Waals surface area contributed by atoms with Crippen molar-refractivity contribution in [3.8, 4) is 0 Å². The molecule has 0 aliphatic heterocycles. The van der Waals surface area contributed by atoms with Crippen LogP contribution < -0.4 is 9.62 Å². The normalized spacial score (nSPS) is 11.4. The zero-order valence-electron chi connectivity index (χ0n) is 15.7. The second-order valence-corrected chi connectivity index (χ2v) is 8.45. The van der Waals surface area contributed by atoms with Crippen molar-refractivity contribution >= 4 is 27.3 Å². The lowest BCUT2D eigenvalue weighted by atomic mass is 10.0. The van der Waals surface area contributed by atoms with Gasteiger partial charge in [-0.05, 0) is 35.6 Å². The minimum absolute atomic E-state index is 0.248. The Balaban J connectivity index is 2.29. The summed E-state index contributed by atoms with van der Waals surface area (Å²) < 4.78 is 25.8. The van der Waals surface area contributed by atoms with Gasteiger partial charge >= 0.3 is 0 Å². The van der Waals surface area contributed by atoms with E-state index >= 15 is 0 Å². The predicted molar refractivity (Wildman–Crippen MR) is 107 cm³/mol. The second kappa shape index (κ2) is 8.36. The number of nitrogens with one attached hydrogen (secondary N) is 1. The van der Waals surface area contributed by atoms with Crippen LogP contribution in [0.2, 0.25) is 0 Å². The highest BCUT2D eigenvalue weighted by Crippen LogP contribution is 2.25. The van der Waals surface area contributed by atoms with Crippen LogP contribution in [0.1, 0.15) is 37.8 Å². The van der Waals surface area contributed by atoms with E-state index in [0.717, 1.165) is 17.4 Å². The minimum Gasteiger partial charge on any atom is -0.324 e. The average Bonchev–Trinajstić information content (AvgIpc) is 2.59. The molecule has 0 saturated heterocycles. The number of rotatable bonds is 7. The maximum absolute atomic E-state index is 12.6. The molecule has 0 unspecified atom stereocenters. The van der Waals surface area contributed by atoms with Crippen LogP contribution in [0, 0.1) is 0 Å². The maximum atomic E-state index is 12.6.